The predicted octanol–water partition coefficient (Wildman–Crippen LogP) is 2.39. The lowest BCUT2D eigenvalue weighted by molar-refractivity contribution is 0.222. The summed E-state index contributed by atoms with van der Waals surface area (Å²) in [6.45, 7) is 4.72. The van der Waals surface area contributed by atoms with Gasteiger partial charge in [0.2, 0.25) is 0 Å². The molecule has 104 valence electrons. The lowest BCUT2D eigenvalue weighted by Gasteiger charge is -2.26. The third-order valence-corrected chi connectivity index (χ3v) is 3.23. The second-order valence-corrected chi connectivity index (χ2v) is 5.18. The normalized spacial score (nSPS) is 16.8. The molecule has 19 heavy (non-hydrogen) atoms. The number of benzene rings is 1. The molecule has 1 aromatic carbocycles. The van der Waals surface area contributed by atoms with Crippen molar-refractivity contribution >= 4 is 17.6 Å². The fraction of sp³-hybridized carbons (Fsp3) is 0.500. The summed E-state index contributed by atoms with van der Waals surface area (Å²) in [5, 5.41) is 4.05. The minimum atomic E-state index is 0.0687. The van der Waals surface area contributed by atoms with Crippen molar-refractivity contribution in [2.24, 2.45) is 4.99 Å². The van der Waals surface area contributed by atoms with Crippen molar-refractivity contribution < 1.29 is 4.74 Å². The highest BCUT2D eigenvalue weighted by Gasteiger charge is 2.12. The molecule has 0 fully saturated rings. The van der Waals surface area contributed by atoms with Gasteiger partial charge in [-0.2, -0.15) is 0 Å². The zero-order valence-electron chi connectivity index (χ0n) is 11.4. The zero-order valence-corrected chi connectivity index (χ0v) is 12.2. The Labute approximate surface area is 119 Å². The molecule has 0 bridgehead atoms. The number of nitrogens with one attached hydrogen (secondary N) is 1. The Balaban J connectivity index is 1.79. The molecule has 4 nitrogen and oxygen atoms in total. The zero-order chi connectivity index (χ0) is 13.7. The number of halogens is 1. The first-order chi connectivity index (χ1) is 9.15. The standard InChI is InChI=1S/C14H20ClN3O/c1-11(19-13-6-4-12(15)5-7-13)10-17-14-16-8-3-9-18(14)2/h4-7,11H,3,8-10H2,1-2H3,(H,16,17)/t11-/m0/s1. The van der Waals surface area contributed by atoms with Gasteiger partial charge in [0.05, 0.1) is 6.54 Å². The van der Waals surface area contributed by atoms with E-state index >= 15 is 0 Å². The topological polar surface area (TPSA) is 36.9 Å². The SMILES string of the molecule is C[C@@H](CNC1=NCCCN1C)Oc1ccc(Cl)cc1. The van der Waals surface area contributed by atoms with Gasteiger partial charge >= 0.3 is 0 Å². The Morgan fingerprint density at radius 3 is 2.84 bits per heavy atom. The summed E-state index contributed by atoms with van der Waals surface area (Å²) >= 11 is 5.84. The van der Waals surface area contributed by atoms with Gasteiger partial charge in [-0.25, -0.2) is 0 Å². The van der Waals surface area contributed by atoms with Crippen molar-refractivity contribution in [3.05, 3.63) is 29.3 Å². The second-order valence-electron chi connectivity index (χ2n) is 4.74. The van der Waals surface area contributed by atoms with E-state index in [0.29, 0.717) is 0 Å². The van der Waals surface area contributed by atoms with E-state index < -0.39 is 0 Å². The van der Waals surface area contributed by atoms with E-state index in [2.05, 4.69) is 22.3 Å². The fourth-order valence-corrected chi connectivity index (χ4v) is 2.06. The Hall–Kier alpha value is -1.42. The summed E-state index contributed by atoms with van der Waals surface area (Å²) in [5.74, 6) is 1.79. The highest BCUT2D eigenvalue weighted by atomic mass is 35.5. The van der Waals surface area contributed by atoms with Crippen LogP contribution in [0.1, 0.15) is 13.3 Å². The van der Waals surface area contributed by atoms with Gasteiger partial charge in [-0.3, -0.25) is 4.99 Å². The lowest BCUT2D eigenvalue weighted by atomic mass is 10.3. The van der Waals surface area contributed by atoms with Crippen molar-refractivity contribution in [2.75, 3.05) is 26.7 Å². The first-order valence-electron chi connectivity index (χ1n) is 6.57. The number of rotatable bonds is 4. The van der Waals surface area contributed by atoms with Crippen LogP contribution in [0.4, 0.5) is 0 Å². The van der Waals surface area contributed by atoms with Gasteiger partial charge in [-0.05, 0) is 37.6 Å². The van der Waals surface area contributed by atoms with Crippen molar-refractivity contribution in [1.29, 1.82) is 0 Å². The van der Waals surface area contributed by atoms with Crippen LogP contribution in [0.5, 0.6) is 5.75 Å². The third kappa shape index (κ3) is 4.31. The average molecular weight is 282 g/mol. The van der Waals surface area contributed by atoms with E-state index in [9.17, 15) is 0 Å². The van der Waals surface area contributed by atoms with Crippen LogP contribution in [-0.4, -0.2) is 43.6 Å². The molecule has 0 saturated carbocycles. The highest BCUT2D eigenvalue weighted by Crippen LogP contribution is 2.16. The molecule has 0 aromatic heterocycles. The average Bonchev–Trinajstić information content (AvgIpc) is 2.40. The maximum atomic E-state index is 5.84. The van der Waals surface area contributed by atoms with Crippen molar-refractivity contribution in [3.63, 3.8) is 0 Å². The van der Waals surface area contributed by atoms with E-state index in [1.54, 1.807) is 0 Å². The van der Waals surface area contributed by atoms with Gasteiger partial charge in [0.15, 0.2) is 5.96 Å². The van der Waals surface area contributed by atoms with Crippen molar-refractivity contribution in [2.45, 2.75) is 19.4 Å². The summed E-state index contributed by atoms with van der Waals surface area (Å²) < 4.78 is 5.80. The molecular formula is C14H20ClN3O. The highest BCUT2D eigenvalue weighted by molar-refractivity contribution is 6.30. The smallest absolute Gasteiger partial charge is 0.193 e. The fourth-order valence-electron chi connectivity index (χ4n) is 1.93. The summed E-state index contributed by atoms with van der Waals surface area (Å²) in [6.07, 6.45) is 1.19. The van der Waals surface area contributed by atoms with Crippen molar-refractivity contribution in [1.82, 2.24) is 10.2 Å². The minimum Gasteiger partial charge on any atom is -0.489 e. The van der Waals surface area contributed by atoms with Crippen LogP contribution in [0.3, 0.4) is 0 Å². The number of hydrogen-bond donors (Lipinski definition) is 1. The third-order valence-electron chi connectivity index (χ3n) is 2.97. The van der Waals surface area contributed by atoms with Crippen LogP contribution in [-0.2, 0) is 0 Å². The second kappa shape index (κ2) is 6.66. The predicted molar refractivity (Wildman–Crippen MR) is 79.1 cm³/mol. The quantitative estimate of drug-likeness (QED) is 0.921. The molecule has 1 heterocycles. The maximum Gasteiger partial charge on any atom is 0.193 e. The van der Waals surface area contributed by atoms with Crippen LogP contribution in [0.15, 0.2) is 29.3 Å². The summed E-state index contributed by atoms with van der Waals surface area (Å²) in [7, 11) is 2.05. The molecule has 0 radical (unpaired) electrons. The van der Waals surface area contributed by atoms with Crippen molar-refractivity contribution in [3.8, 4) is 5.75 Å². The van der Waals surface area contributed by atoms with E-state index in [-0.39, 0.29) is 6.10 Å². The monoisotopic (exact) mass is 281 g/mol. The Kier molecular flexibility index (Phi) is 4.91. The number of aliphatic imine (C=N–C) groups is 1. The molecule has 0 amide bonds. The van der Waals surface area contributed by atoms with E-state index in [0.717, 1.165) is 42.8 Å². The van der Waals surface area contributed by atoms with E-state index in [1.807, 2.05) is 31.2 Å². The minimum absolute atomic E-state index is 0.0687. The Morgan fingerprint density at radius 1 is 1.42 bits per heavy atom. The largest absolute Gasteiger partial charge is 0.489 e. The lowest BCUT2D eigenvalue weighted by Crippen LogP contribution is -2.45. The van der Waals surface area contributed by atoms with Crippen LogP contribution >= 0.6 is 11.6 Å². The maximum absolute atomic E-state index is 5.84. The summed E-state index contributed by atoms with van der Waals surface area (Å²) in [5.41, 5.74) is 0. The van der Waals surface area contributed by atoms with Gasteiger partial charge in [0.25, 0.3) is 0 Å². The van der Waals surface area contributed by atoms with Crippen LogP contribution in [0.25, 0.3) is 0 Å². The summed E-state index contributed by atoms with van der Waals surface area (Å²) in [6, 6.07) is 7.41. The molecule has 5 heteroatoms. The molecule has 1 aromatic rings. The Morgan fingerprint density at radius 2 is 2.16 bits per heavy atom. The molecule has 1 aliphatic heterocycles. The summed E-state index contributed by atoms with van der Waals surface area (Å²) in [4.78, 5) is 6.60. The van der Waals surface area contributed by atoms with Gasteiger partial charge < -0.3 is 15.0 Å². The van der Waals surface area contributed by atoms with Crippen LogP contribution in [0.2, 0.25) is 5.02 Å². The van der Waals surface area contributed by atoms with Gasteiger partial charge in [0.1, 0.15) is 11.9 Å². The number of guanidine groups is 1. The molecule has 0 aliphatic carbocycles. The van der Waals surface area contributed by atoms with Gasteiger partial charge in [-0.15, -0.1) is 0 Å². The van der Waals surface area contributed by atoms with Crippen LogP contribution in [0, 0.1) is 0 Å². The van der Waals surface area contributed by atoms with Gasteiger partial charge in [-0.1, -0.05) is 11.6 Å². The molecular weight excluding hydrogens is 262 g/mol. The molecule has 1 atom stereocenters. The first kappa shape index (κ1) is 14.0. The molecule has 0 saturated heterocycles. The first-order valence-corrected chi connectivity index (χ1v) is 6.94. The molecule has 1 N–H and O–H groups in total. The van der Waals surface area contributed by atoms with E-state index in [1.165, 1.54) is 0 Å². The Bertz CT molecular complexity index is 433. The molecule has 0 unspecified atom stereocenters. The number of nitrogens with zero attached hydrogens (tertiary/aromatic N) is 2. The molecule has 0 spiro atoms. The molecule has 2 rings (SSSR count). The number of hydrogen-bond acceptors (Lipinski definition) is 4. The number of ether oxygens (including phenoxy) is 1. The molecule has 1 aliphatic rings. The van der Waals surface area contributed by atoms with E-state index in [4.69, 9.17) is 16.3 Å². The van der Waals surface area contributed by atoms with Crippen LogP contribution < -0.4 is 10.1 Å². The van der Waals surface area contributed by atoms with Gasteiger partial charge in [0, 0.05) is 25.2 Å².